The monoisotopic (exact) mass is 1100 g/mol. The summed E-state index contributed by atoms with van der Waals surface area (Å²) < 4.78 is 10.8. The average molecular weight is 1100 g/mol. The Kier molecular flexibility index (Phi) is 66.3. The molecule has 0 bridgehead atoms. The van der Waals surface area contributed by atoms with Crippen LogP contribution in [0.15, 0.2) is 97.2 Å². The number of hydrogen-bond acceptors (Lipinski definition) is 5. The highest BCUT2D eigenvalue weighted by atomic mass is 16.6. The highest BCUT2D eigenvalue weighted by Crippen LogP contribution is 2.18. The quantitative estimate of drug-likeness (QED) is 0.0373. The molecule has 0 aliphatic carbocycles. The molecule has 0 aromatic carbocycles. The van der Waals surface area contributed by atoms with Crippen molar-refractivity contribution in [1.82, 2.24) is 0 Å². The third kappa shape index (κ3) is 67.2. The fourth-order valence-electron chi connectivity index (χ4n) is 10.0. The normalized spacial score (nSPS) is 12.8. The van der Waals surface area contributed by atoms with E-state index in [0.717, 1.165) is 89.9 Å². The molecule has 5 heteroatoms. The van der Waals surface area contributed by atoms with Gasteiger partial charge in [0.25, 0.3) is 0 Å². The Bertz CT molecular complexity index is 1480. The van der Waals surface area contributed by atoms with E-state index in [4.69, 9.17) is 9.47 Å². The average Bonchev–Trinajstić information content (AvgIpc) is 3.45. The van der Waals surface area contributed by atoms with Crippen molar-refractivity contribution in [3.63, 3.8) is 0 Å². The van der Waals surface area contributed by atoms with Gasteiger partial charge in [-0.3, -0.25) is 9.59 Å². The Morgan fingerprint density at radius 1 is 0.304 bits per heavy atom. The first-order valence-corrected chi connectivity index (χ1v) is 34.3. The number of carbonyl (C=O) groups is 2. The summed E-state index contributed by atoms with van der Waals surface area (Å²) in [6.07, 6.45) is 98.6. The minimum atomic E-state index is -0.775. The van der Waals surface area contributed by atoms with Crippen molar-refractivity contribution in [2.45, 2.75) is 347 Å². The SMILES string of the molecule is CC/C=C\C/C=C\C/C=C\C/C=C\C/C=C\C/C=C\C/C=C\C/C=C\CCCCCCCCCCCCCCCCC(=O)OC(CO)COC(=O)CCCCCCCCCCCCCCCCCCCCCCCCCCCC. The second kappa shape index (κ2) is 69.1. The summed E-state index contributed by atoms with van der Waals surface area (Å²) in [6.45, 7) is 4.07. The molecular weight excluding hydrogens is 969 g/mol. The number of unbranched alkanes of at least 4 members (excludes halogenated alkanes) is 39. The zero-order valence-corrected chi connectivity index (χ0v) is 52.4. The van der Waals surface area contributed by atoms with Crippen LogP contribution in [0.25, 0.3) is 0 Å². The van der Waals surface area contributed by atoms with Gasteiger partial charge in [0.05, 0.1) is 6.61 Å². The molecule has 0 spiro atoms. The first kappa shape index (κ1) is 75.8. The third-order valence-corrected chi connectivity index (χ3v) is 15.1. The van der Waals surface area contributed by atoms with Crippen LogP contribution in [0.2, 0.25) is 0 Å². The molecule has 0 radical (unpaired) electrons. The van der Waals surface area contributed by atoms with Crippen LogP contribution in [-0.2, 0) is 19.1 Å². The van der Waals surface area contributed by atoms with E-state index >= 15 is 0 Å². The van der Waals surface area contributed by atoms with E-state index in [1.165, 1.54) is 225 Å². The number of aliphatic hydroxyl groups is 1. The highest BCUT2D eigenvalue weighted by molar-refractivity contribution is 5.70. The molecule has 0 heterocycles. The lowest BCUT2D eigenvalue weighted by Gasteiger charge is -2.15. The molecule has 0 rings (SSSR count). The molecule has 0 saturated heterocycles. The maximum atomic E-state index is 12.4. The fourth-order valence-corrected chi connectivity index (χ4v) is 10.0. The van der Waals surface area contributed by atoms with Crippen LogP contribution in [0.5, 0.6) is 0 Å². The van der Waals surface area contributed by atoms with E-state index in [-0.39, 0.29) is 25.2 Å². The lowest BCUT2D eigenvalue weighted by atomic mass is 10.0. The molecule has 0 aromatic rings. The van der Waals surface area contributed by atoms with Gasteiger partial charge in [-0.25, -0.2) is 0 Å². The zero-order chi connectivity index (χ0) is 56.9. The summed E-state index contributed by atoms with van der Waals surface area (Å²) in [6, 6.07) is 0. The second-order valence-electron chi connectivity index (χ2n) is 22.9. The summed E-state index contributed by atoms with van der Waals surface area (Å²) in [5.41, 5.74) is 0. The van der Waals surface area contributed by atoms with Gasteiger partial charge in [-0.1, -0.05) is 349 Å². The van der Waals surface area contributed by atoms with Crippen LogP contribution >= 0.6 is 0 Å². The van der Waals surface area contributed by atoms with Gasteiger partial charge in [0, 0.05) is 12.8 Å². The van der Waals surface area contributed by atoms with Crippen LogP contribution in [0.1, 0.15) is 341 Å². The molecule has 1 unspecified atom stereocenters. The van der Waals surface area contributed by atoms with E-state index in [0.29, 0.717) is 12.8 Å². The van der Waals surface area contributed by atoms with Crippen LogP contribution in [0.4, 0.5) is 0 Å². The van der Waals surface area contributed by atoms with E-state index < -0.39 is 6.10 Å². The van der Waals surface area contributed by atoms with Crippen molar-refractivity contribution >= 4 is 11.9 Å². The van der Waals surface area contributed by atoms with Gasteiger partial charge in [-0.2, -0.15) is 0 Å². The molecule has 0 saturated carbocycles. The number of carbonyl (C=O) groups excluding carboxylic acids is 2. The fraction of sp³-hybridized carbons (Fsp3) is 0.757. The van der Waals surface area contributed by atoms with Gasteiger partial charge in [-0.15, -0.1) is 0 Å². The number of ether oxygens (including phenoxy) is 2. The zero-order valence-electron chi connectivity index (χ0n) is 52.4. The van der Waals surface area contributed by atoms with Gasteiger partial charge >= 0.3 is 11.9 Å². The number of aliphatic hydroxyl groups excluding tert-OH is 1. The van der Waals surface area contributed by atoms with Crippen molar-refractivity contribution in [3.8, 4) is 0 Å². The topological polar surface area (TPSA) is 72.8 Å². The summed E-state index contributed by atoms with van der Waals surface area (Å²) >= 11 is 0. The molecule has 0 fully saturated rings. The number of esters is 2. The van der Waals surface area contributed by atoms with E-state index in [1.54, 1.807) is 0 Å². The Labute approximate surface area is 491 Å². The van der Waals surface area contributed by atoms with Crippen molar-refractivity contribution in [2.75, 3.05) is 13.2 Å². The minimum Gasteiger partial charge on any atom is -0.462 e. The Morgan fingerprint density at radius 2 is 0.544 bits per heavy atom. The lowest BCUT2D eigenvalue weighted by molar-refractivity contribution is -0.161. The first-order chi connectivity index (χ1) is 39.1. The Morgan fingerprint density at radius 3 is 0.823 bits per heavy atom. The standard InChI is InChI=1S/C74H130O5/c1-3-5-7-9-11-13-15-17-19-21-23-25-27-29-31-32-33-34-35-36-37-38-39-40-41-42-43-45-47-49-51-53-55-57-59-61-63-65-67-69-74(77)79-72(70-75)71-78-73(76)68-66-64-62-60-58-56-54-52-50-48-46-44-30-28-26-24-22-20-18-16-14-12-10-8-6-4-2/h5,7,11,13,17,19,23,25,29,31,33-34,36-37,39-40,72,75H,3-4,6,8-10,12,14-16,18,20-22,24,26-28,30,32,35,38,41-71H2,1-2H3/b7-5-,13-11-,19-17-,25-23-,31-29-,34-33-,37-36-,40-39-. The molecule has 5 nitrogen and oxygen atoms in total. The van der Waals surface area contributed by atoms with Crippen molar-refractivity contribution < 1.29 is 24.2 Å². The molecule has 79 heavy (non-hydrogen) atoms. The first-order valence-electron chi connectivity index (χ1n) is 34.3. The van der Waals surface area contributed by atoms with Crippen LogP contribution < -0.4 is 0 Å². The molecule has 0 amide bonds. The predicted molar refractivity (Wildman–Crippen MR) is 348 cm³/mol. The molecule has 1 atom stereocenters. The number of allylic oxidation sites excluding steroid dienone is 16. The van der Waals surface area contributed by atoms with Crippen LogP contribution in [0.3, 0.4) is 0 Å². The molecule has 456 valence electrons. The summed E-state index contributed by atoms with van der Waals surface area (Å²) in [5.74, 6) is -0.577. The molecule has 1 N–H and O–H groups in total. The molecule has 0 aromatic heterocycles. The van der Waals surface area contributed by atoms with Gasteiger partial charge < -0.3 is 14.6 Å². The van der Waals surface area contributed by atoms with Crippen molar-refractivity contribution in [3.05, 3.63) is 97.2 Å². The Hall–Kier alpha value is -3.18. The maximum Gasteiger partial charge on any atom is 0.306 e. The highest BCUT2D eigenvalue weighted by Gasteiger charge is 2.16. The third-order valence-electron chi connectivity index (χ3n) is 15.1. The summed E-state index contributed by atoms with van der Waals surface area (Å²) in [4.78, 5) is 24.6. The minimum absolute atomic E-state index is 0.0643. The van der Waals surface area contributed by atoms with Crippen LogP contribution in [-0.4, -0.2) is 36.4 Å². The van der Waals surface area contributed by atoms with Crippen LogP contribution in [0, 0.1) is 0 Å². The van der Waals surface area contributed by atoms with Gasteiger partial charge in [0.2, 0.25) is 0 Å². The molecule has 0 aliphatic rings. The van der Waals surface area contributed by atoms with E-state index in [9.17, 15) is 14.7 Å². The Balaban J connectivity index is 3.47. The number of rotatable bonds is 63. The lowest BCUT2D eigenvalue weighted by Crippen LogP contribution is -2.28. The van der Waals surface area contributed by atoms with Gasteiger partial charge in [0.15, 0.2) is 6.10 Å². The predicted octanol–water partition coefficient (Wildman–Crippen LogP) is 23.8. The van der Waals surface area contributed by atoms with Gasteiger partial charge in [-0.05, 0) is 77.0 Å². The summed E-state index contributed by atoms with van der Waals surface area (Å²) in [5, 5.41) is 9.70. The summed E-state index contributed by atoms with van der Waals surface area (Å²) in [7, 11) is 0. The number of hydrogen-bond donors (Lipinski definition) is 1. The van der Waals surface area contributed by atoms with Crippen molar-refractivity contribution in [2.24, 2.45) is 0 Å². The second-order valence-corrected chi connectivity index (χ2v) is 22.9. The molecule has 0 aliphatic heterocycles. The maximum absolute atomic E-state index is 12.4. The van der Waals surface area contributed by atoms with Gasteiger partial charge in [0.1, 0.15) is 6.61 Å². The largest absolute Gasteiger partial charge is 0.462 e. The van der Waals surface area contributed by atoms with Crippen molar-refractivity contribution in [1.29, 1.82) is 0 Å². The van der Waals surface area contributed by atoms with E-state index in [1.807, 2.05) is 0 Å². The molecular formula is C74H130O5. The smallest absolute Gasteiger partial charge is 0.306 e. The van der Waals surface area contributed by atoms with E-state index in [2.05, 4.69) is 111 Å².